The maximum Gasteiger partial charge on any atom is 0.226 e. The first-order valence-electron chi connectivity index (χ1n) is 11.6. The van der Waals surface area contributed by atoms with Gasteiger partial charge in [0.15, 0.2) is 0 Å². The van der Waals surface area contributed by atoms with E-state index in [1.807, 2.05) is 22.8 Å². The molecular weight excluding hydrogens is 414 g/mol. The number of carbonyl (C=O) groups is 1. The molecule has 1 saturated carbocycles. The second-order valence-corrected chi connectivity index (χ2v) is 10.2. The summed E-state index contributed by atoms with van der Waals surface area (Å²) in [6, 6.07) is 21.7. The van der Waals surface area contributed by atoms with Gasteiger partial charge in [-0.1, -0.05) is 60.7 Å². The predicted molar refractivity (Wildman–Crippen MR) is 130 cm³/mol. The van der Waals surface area contributed by atoms with Gasteiger partial charge >= 0.3 is 0 Å². The molecule has 1 spiro atoms. The monoisotopic (exact) mass is 445 g/mol. The molecule has 0 unspecified atom stereocenters. The number of thiazole rings is 1. The van der Waals surface area contributed by atoms with Gasteiger partial charge < -0.3 is 9.80 Å². The van der Waals surface area contributed by atoms with E-state index in [9.17, 15) is 4.79 Å². The lowest BCUT2D eigenvalue weighted by molar-refractivity contribution is -0.133. The van der Waals surface area contributed by atoms with Crippen molar-refractivity contribution in [3.8, 4) is 0 Å². The summed E-state index contributed by atoms with van der Waals surface area (Å²) in [5.74, 6) is 0.887. The van der Waals surface area contributed by atoms with Gasteiger partial charge in [0.2, 0.25) is 5.91 Å². The van der Waals surface area contributed by atoms with Crippen molar-refractivity contribution in [1.82, 2.24) is 14.8 Å². The fourth-order valence-corrected chi connectivity index (χ4v) is 5.91. The Hall–Kier alpha value is -2.50. The van der Waals surface area contributed by atoms with Crippen LogP contribution in [0.4, 0.5) is 0 Å². The Morgan fingerprint density at radius 3 is 2.28 bits per heavy atom. The lowest BCUT2D eigenvalue weighted by atomic mass is 9.87. The molecule has 32 heavy (non-hydrogen) atoms. The molecule has 2 aliphatic rings. The Bertz CT molecular complexity index is 974. The number of piperidine rings is 1. The number of hydrogen-bond donors (Lipinski definition) is 0. The van der Waals surface area contributed by atoms with Crippen LogP contribution in [0.25, 0.3) is 0 Å². The zero-order chi connectivity index (χ0) is 22.0. The van der Waals surface area contributed by atoms with Crippen LogP contribution >= 0.6 is 11.3 Å². The van der Waals surface area contributed by atoms with Crippen LogP contribution in [-0.2, 0) is 11.3 Å². The van der Waals surface area contributed by atoms with Crippen molar-refractivity contribution in [2.75, 3.05) is 26.7 Å². The Morgan fingerprint density at radius 2 is 1.72 bits per heavy atom. The van der Waals surface area contributed by atoms with Crippen LogP contribution in [0.3, 0.4) is 0 Å². The fourth-order valence-electron chi connectivity index (χ4n) is 5.37. The molecule has 5 rings (SSSR count). The minimum Gasteiger partial charge on any atom is -0.340 e. The Kier molecular flexibility index (Phi) is 6.11. The Morgan fingerprint density at radius 1 is 1.09 bits per heavy atom. The molecule has 0 bridgehead atoms. The third-order valence-corrected chi connectivity index (χ3v) is 8.08. The first kappa shape index (κ1) is 21.4. The molecule has 2 aromatic carbocycles. The quantitative estimate of drug-likeness (QED) is 0.511. The first-order valence-corrected chi connectivity index (χ1v) is 12.5. The number of nitrogens with zero attached hydrogens (tertiary/aromatic N) is 3. The van der Waals surface area contributed by atoms with Gasteiger partial charge in [-0.25, -0.2) is 4.98 Å². The number of hydrogen-bond acceptors (Lipinski definition) is 4. The van der Waals surface area contributed by atoms with E-state index < -0.39 is 0 Å². The maximum atomic E-state index is 13.0. The zero-order valence-corrected chi connectivity index (χ0v) is 19.5. The highest BCUT2D eigenvalue weighted by Gasteiger charge is 2.59. The topological polar surface area (TPSA) is 36.4 Å². The molecule has 5 heteroatoms. The van der Waals surface area contributed by atoms with Crippen molar-refractivity contribution in [2.45, 2.75) is 31.7 Å². The van der Waals surface area contributed by atoms with Gasteiger partial charge in [0.1, 0.15) is 0 Å². The standard InChI is InChI=1S/C27H31N3OS/c1-29(17-23-19-32-20-28-23)26(31)25-16-27(25)12-14-30(15-13-27)18-24(21-8-4-2-5-9-21)22-10-6-3-7-11-22/h2-11,19-20,24-25H,12-18H2,1H3/t25-/m1/s1. The summed E-state index contributed by atoms with van der Waals surface area (Å²) in [5.41, 5.74) is 5.81. The molecule has 2 heterocycles. The van der Waals surface area contributed by atoms with Crippen molar-refractivity contribution in [2.24, 2.45) is 11.3 Å². The second-order valence-electron chi connectivity index (χ2n) is 9.47. The van der Waals surface area contributed by atoms with Gasteiger partial charge in [0.25, 0.3) is 0 Å². The third-order valence-electron chi connectivity index (χ3n) is 7.44. The molecule has 1 aromatic heterocycles. The van der Waals surface area contributed by atoms with E-state index in [1.165, 1.54) is 11.1 Å². The van der Waals surface area contributed by atoms with E-state index in [0.29, 0.717) is 18.4 Å². The van der Waals surface area contributed by atoms with Gasteiger partial charge in [0.05, 0.1) is 17.7 Å². The lowest BCUT2D eigenvalue weighted by Gasteiger charge is -2.35. The zero-order valence-electron chi connectivity index (χ0n) is 18.7. The normalized spacial score (nSPS) is 19.9. The third kappa shape index (κ3) is 4.50. The number of likely N-dealkylation sites (tertiary alicyclic amines) is 1. The molecule has 0 N–H and O–H groups in total. The van der Waals surface area contributed by atoms with Crippen LogP contribution in [0, 0.1) is 11.3 Å². The molecule has 1 atom stereocenters. The molecule has 0 radical (unpaired) electrons. The number of benzene rings is 2. The molecule has 166 valence electrons. The number of carbonyl (C=O) groups excluding carboxylic acids is 1. The highest BCUT2D eigenvalue weighted by Crippen LogP contribution is 2.60. The van der Waals surface area contributed by atoms with Crippen molar-refractivity contribution < 1.29 is 4.79 Å². The summed E-state index contributed by atoms with van der Waals surface area (Å²) < 4.78 is 0. The lowest BCUT2D eigenvalue weighted by Crippen LogP contribution is -2.39. The van der Waals surface area contributed by atoms with Gasteiger partial charge in [-0.2, -0.15) is 0 Å². The van der Waals surface area contributed by atoms with Crippen molar-refractivity contribution in [3.63, 3.8) is 0 Å². The minimum atomic E-state index is 0.201. The number of rotatable bonds is 7. The van der Waals surface area contributed by atoms with Crippen LogP contribution in [-0.4, -0.2) is 47.4 Å². The molecular formula is C27H31N3OS. The first-order chi connectivity index (χ1) is 15.6. The van der Waals surface area contributed by atoms with Crippen LogP contribution < -0.4 is 0 Å². The van der Waals surface area contributed by atoms with Gasteiger partial charge in [-0.3, -0.25) is 4.79 Å². The predicted octanol–water partition coefficient (Wildman–Crippen LogP) is 5.04. The average Bonchev–Trinajstić information content (AvgIpc) is 3.28. The summed E-state index contributed by atoms with van der Waals surface area (Å²) in [7, 11) is 1.92. The maximum absolute atomic E-state index is 13.0. The van der Waals surface area contributed by atoms with Crippen LogP contribution in [0.2, 0.25) is 0 Å². The summed E-state index contributed by atoms with van der Waals surface area (Å²) in [5, 5.41) is 2.03. The summed E-state index contributed by atoms with van der Waals surface area (Å²) in [6.45, 7) is 3.81. The molecule has 2 fully saturated rings. The van der Waals surface area contributed by atoms with Crippen LogP contribution in [0.15, 0.2) is 71.6 Å². The van der Waals surface area contributed by atoms with E-state index in [1.54, 1.807) is 11.3 Å². The van der Waals surface area contributed by atoms with E-state index in [2.05, 4.69) is 70.5 Å². The second kappa shape index (κ2) is 9.16. The molecule has 1 saturated heterocycles. The SMILES string of the molecule is CN(Cc1cscn1)C(=O)[C@H]1CC12CCN(CC(c1ccccc1)c1ccccc1)CC2. The highest BCUT2D eigenvalue weighted by atomic mass is 32.1. The largest absolute Gasteiger partial charge is 0.340 e. The summed E-state index contributed by atoms with van der Waals surface area (Å²) >= 11 is 1.59. The van der Waals surface area contributed by atoms with Gasteiger partial charge in [0, 0.05) is 30.8 Å². The molecule has 1 aliphatic heterocycles. The van der Waals surface area contributed by atoms with E-state index >= 15 is 0 Å². The fraction of sp³-hybridized carbons (Fsp3) is 0.407. The van der Waals surface area contributed by atoms with Crippen LogP contribution in [0.5, 0.6) is 0 Å². The minimum absolute atomic E-state index is 0.201. The molecule has 1 amide bonds. The summed E-state index contributed by atoms with van der Waals surface area (Å²) in [4.78, 5) is 21.8. The van der Waals surface area contributed by atoms with Crippen molar-refractivity contribution in [3.05, 3.63) is 88.4 Å². The molecule has 3 aromatic rings. The Labute approximate surface area is 194 Å². The van der Waals surface area contributed by atoms with Gasteiger partial charge in [-0.15, -0.1) is 11.3 Å². The van der Waals surface area contributed by atoms with E-state index in [-0.39, 0.29) is 11.3 Å². The van der Waals surface area contributed by atoms with Crippen LogP contribution in [0.1, 0.15) is 42.0 Å². The average molecular weight is 446 g/mol. The van der Waals surface area contributed by atoms with E-state index in [0.717, 1.165) is 44.6 Å². The number of amides is 1. The van der Waals surface area contributed by atoms with Gasteiger partial charge in [-0.05, 0) is 48.9 Å². The molecule has 4 nitrogen and oxygen atoms in total. The summed E-state index contributed by atoms with van der Waals surface area (Å²) in [6.07, 6.45) is 3.32. The van der Waals surface area contributed by atoms with E-state index in [4.69, 9.17) is 0 Å². The number of aromatic nitrogens is 1. The smallest absolute Gasteiger partial charge is 0.226 e. The van der Waals surface area contributed by atoms with Crippen molar-refractivity contribution >= 4 is 17.2 Å². The molecule has 1 aliphatic carbocycles. The van der Waals surface area contributed by atoms with Crippen molar-refractivity contribution in [1.29, 1.82) is 0 Å². The highest BCUT2D eigenvalue weighted by molar-refractivity contribution is 7.07. The Balaban J connectivity index is 1.20.